The first-order valence-corrected chi connectivity index (χ1v) is 9.96. The molecule has 0 radical (unpaired) electrons. The second-order valence-electron chi connectivity index (χ2n) is 7.80. The summed E-state index contributed by atoms with van der Waals surface area (Å²) in [6, 6.07) is 19.5. The normalized spacial score (nSPS) is 16.2. The highest BCUT2D eigenvalue weighted by Gasteiger charge is 2.29. The predicted octanol–water partition coefficient (Wildman–Crippen LogP) is 3.50. The quantitative estimate of drug-likeness (QED) is 0.689. The number of para-hydroxylation sites is 1. The molecule has 1 aliphatic rings. The molecular formula is C24H25N3O2. The summed E-state index contributed by atoms with van der Waals surface area (Å²) in [5, 5.41) is 0.866. The molecular weight excluding hydrogens is 362 g/mol. The van der Waals surface area contributed by atoms with Gasteiger partial charge in [0, 0.05) is 44.2 Å². The lowest BCUT2D eigenvalue weighted by Crippen LogP contribution is -2.30. The molecule has 2 amide bonds. The first-order valence-electron chi connectivity index (χ1n) is 9.96. The monoisotopic (exact) mass is 387 g/mol. The van der Waals surface area contributed by atoms with Crippen molar-refractivity contribution in [1.82, 2.24) is 14.8 Å². The maximum atomic E-state index is 12.7. The summed E-state index contributed by atoms with van der Waals surface area (Å²) in [6.45, 7) is 1.37. The maximum Gasteiger partial charge on any atom is 0.254 e. The molecule has 0 aliphatic carbocycles. The first kappa shape index (κ1) is 19.1. The van der Waals surface area contributed by atoms with Crippen LogP contribution in [0.15, 0.2) is 60.7 Å². The zero-order valence-electron chi connectivity index (χ0n) is 16.8. The van der Waals surface area contributed by atoms with Crippen molar-refractivity contribution < 1.29 is 9.59 Å². The summed E-state index contributed by atoms with van der Waals surface area (Å²) in [6.07, 6.45) is 1.28. The van der Waals surface area contributed by atoms with E-state index in [4.69, 9.17) is 4.98 Å². The maximum absolute atomic E-state index is 12.7. The second kappa shape index (κ2) is 8.03. The largest absolute Gasteiger partial charge is 0.345 e. The number of benzene rings is 2. The number of amides is 2. The van der Waals surface area contributed by atoms with Crippen LogP contribution in [0.25, 0.3) is 10.9 Å². The van der Waals surface area contributed by atoms with Crippen molar-refractivity contribution in [3.05, 3.63) is 77.5 Å². The Balaban J connectivity index is 1.57. The molecule has 5 nitrogen and oxygen atoms in total. The lowest BCUT2D eigenvalue weighted by Gasteiger charge is -2.18. The highest BCUT2D eigenvalue weighted by atomic mass is 16.2. The van der Waals surface area contributed by atoms with Gasteiger partial charge in [0.2, 0.25) is 5.91 Å². The van der Waals surface area contributed by atoms with Gasteiger partial charge in [0.05, 0.1) is 17.5 Å². The Morgan fingerprint density at radius 3 is 2.55 bits per heavy atom. The molecule has 148 valence electrons. The number of nitrogens with zero attached hydrogens (tertiary/aromatic N) is 3. The second-order valence-corrected chi connectivity index (χ2v) is 7.80. The first-order chi connectivity index (χ1) is 14.0. The van der Waals surface area contributed by atoms with Gasteiger partial charge in [0.1, 0.15) is 0 Å². The highest BCUT2D eigenvalue weighted by molar-refractivity contribution is 6.06. The number of likely N-dealkylation sites (tertiary alicyclic amines) is 1. The number of rotatable bonds is 4. The van der Waals surface area contributed by atoms with Gasteiger partial charge >= 0.3 is 0 Å². The number of carbonyl (C=O) groups excluding carboxylic acids is 2. The number of aromatic nitrogens is 1. The number of fused-ring (bicyclic) bond motifs is 1. The minimum absolute atomic E-state index is 0.0279. The number of pyridine rings is 1. The molecule has 2 heterocycles. The van der Waals surface area contributed by atoms with Crippen LogP contribution in [0.3, 0.4) is 0 Å². The molecule has 1 saturated heterocycles. The summed E-state index contributed by atoms with van der Waals surface area (Å²) in [7, 11) is 3.52. The molecule has 4 rings (SSSR count). The topological polar surface area (TPSA) is 53.5 Å². The van der Waals surface area contributed by atoms with Gasteiger partial charge in [-0.3, -0.25) is 14.6 Å². The van der Waals surface area contributed by atoms with Crippen LogP contribution < -0.4 is 0 Å². The zero-order valence-corrected chi connectivity index (χ0v) is 16.8. The Morgan fingerprint density at radius 2 is 1.79 bits per heavy atom. The van der Waals surface area contributed by atoms with E-state index in [9.17, 15) is 9.59 Å². The van der Waals surface area contributed by atoms with E-state index >= 15 is 0 Å². The van der Waals surface area contributed by atoms with Crippen LogP contribution >= 0.6 is 0 Å². The number of hydrogen-bond donors (Lipinski definition) is 0. The summed E-state index contributed by atoms with van der Waals surface area (Å²) < 4.78 is 0. The molecule has 1 atom stereocenters. The number of carbonyl (C=O) groups is 2. The summed E-state index contributed by atoms with van der Waals surface area (Å²) >= 11 is 0. The van der Waals surface area contributed by atoms with Crippen molar-refractivity contribution in [3.63, 3.8) is 0 Å². The van der Waals surface area contributed by atoms with Gasteiger partial charge in [0.25, 0.3) is 5.91 Å². The van der Waals surface area contributed by atoms with Crippen molar-refractivity contribution in [2.24, 2.45) is 0 Å². The van der Waals surface area contributed by atoms with Crippen LogP contribution in [0, 0.1) is 0 Å². The summed E-state index contributed by atoms with van der Waals surface area (Å²) in [4.78, 5) is 33.8. The third-order valence-corrected chi connectivity index (χ3v) is 5.53. The van der Waals surface area contributed by atoms with Crippen molar-refractivity contribution in [3.8, 4) is 0 Å². The summed E-state index contributed by atoms with van der Waals surface area (Å²) in [5.74, 6) is 0.261. The van der Waals surface area contributed by atoms with Crippen molar-refractivity contribution in [1.29, 1.82) is 0 Å². The van der Waals surface area contributed by atoms with Crippen LogP contribution in [-0.2, 0) is 11.2 Å². The molecule has 1 aromatic heterocycles. The van der Waals surface area contributed by atoms with Gasteiger partial charge in [-0.05, 0) is 24.1 Å². The predicted molar refractivity (Wildman–Crippen MR) is 114 cm³/mol. The lowest BCUT2D eigenvalue weighted by molar-refractivity contribution is -0.129. The van der Waals surface area contributed by atoms with E-state index in [2.05, 4.69) is 0 Å². The highest BCUT2D eigenvalue weighted by Crippen LogP contribution is 2.30. The van der Waals surface area contributed by atoms with E-state index in [-0.39, 0.29) is 17.7 Å². The minimum Gasteiger partial charge on any atom is -0.345 e. The average Bonchev–Trinajstić information content (AvgIpc) is 3.23. The molecule has 2 aromatic carbocycles. The molecule has 0 bridgehead atoms. The van der Waals surface area contributed by atoms with Gasteiger partial charge in [0.15, 0.2) is 0 Å². The van der Waals surface area contributed by atoms with E-state index in [0.717, 1.165) is 35.1 Å². The van der Waals surface area contributed by atoms with Gasteiger partial charge in [-0.25, -0.2) is 0 Å². The fourth-order valence-corrected chi connectivity index (χ4v) is 3.93. The van der Waals surface area contributed by atoms with Crippen LogP contribution in [0.2, 0.25) is 0 Å². The van der Waals surface area contributed by atoms with Crippen molar-refractivity contribution in [2.75, 3.05) is 27.2 Å². The lowest BCUT2D eigenvalue weighted by atomic mass is 9.99. The van der Waals surface area contributed by atoms with Gasteiger partial charge in [-0.1, -0.05) is 48.5 Å². The van der Waals surface area contributed by atoms with E-state index in [1.165, 1.54) is 0 Å². The molecule has 29 heavy (non-hydrogen) atoms. The van der Waals surface area contributed by atoms with Gasteiger partial charge in [-0.2, -0.15) is 0 Å². The molecule has 0 N–H and O–H groups in total. The fraction of sp³-hybridized carbons (Fsp3) is 0.292. The molecule has 1 aliphatic heterocycles. The molecule has 3 aromatic rings. The van der Waals surface area contributed by atoms with E-state index in [0.29, 0.717) is 18.5 Å². The third-order valence-electron chi connectivity index (χ3n) is 5.53. The standard InChI is InChI=1S/C24H25N3O2/c1-26(2)24(29)20-15-22(25-21-11-7-6-10-19(20)21)18-12-13-27(16-18)23(28)14-17-8-4-3-5-9-17/h3-11,15,18H,12-14,16H2,1-2H3. The molecule has 0 saturated carbocycles. The SMILES string of the molecule is CN(C)C(=O)c1cc(C2CCN(C(=O)Cc3ccccc3)C2)nc2ccccc12. The zero-order chi connectivity index (χ0) is 20.4. The minimum atomic E-state index is -0.0279. The van der Waals surface area contributed by atoms with Crippen molar-refractivity contribution >= 4 is 22.7 Å². The Hall–Kier alpha value is -3.21. The fourth-order valence-electron chi connectivity index (χ4n) is 3.93. The Kier molecular flexibility index (Phi) is 5.30. The number of hydrogen-bond acceptors (Lipinski definition) is 3. The molecule has 1 unspecified atom stereocenters. The van der Waals surface area contributed by atoms with Crippen LogP contribution in [0.5, 0.6) is 0 Å². The van der Waals surface area contributed by atoms with Crippen LogP contribution in [-0.4, -0.2) is 53.8 Å². The van der Waals surface area contributed by atoms with E-state index in [1.54, 1.807) is 19.0 Å². The molecule has 1 fully saturated rings. The van der Waals surface area contributed by atoms with E-state index < -0.39 is 0 Å². The van der Waals surface area contributed by atoms with Gasteiger partial charge < -0.3 is 9.80 Å². The smallest absolute Gasteiger partial charge is 0.254 e. The summed E-state index contributed by atoms with van der Waals surface area (Å²) in [5.41, 5.74) is 3.42. The Labute approximate surface area is 171 Å². The molecule has 5 heteroatoms. The van der Waals surface area contributed by atoms with E-state index in [1.807, 2.05) is 65.6 Å². The van der Waals surface area contributed by atoms with Crippen molar-refractivity contribution in [2.45, 2.75) is 18.8 Å². The Morgan fingerprint density at radius 1 is 1.07 bits per heavy atom. The molecule has 0 spiro atoms. The van der Waals surface area contributed by atoms with Crippen LogP contribution in [0.1, 0.15) is 34.0 Å². The third kappa shape index (κ3) is 3.99. The van der Waals surface area contributed by atoms with Crippen LogP contribution in [0.4, 0.5) is 0 Å². The van der Waals surface area contributed by atoms with Gasteiger partial charge in [-0.15, -0.1) is 0 Å². The Bertz CT molecular complexity index is 1050. The average molecular weight is 387 g/mol.